The maximum absolute atomic E-state index is 14.5. The highest BCUT2D eigenvalue weighted by Crippen LogP contribution is 2.56. The molecule has 0 aromatic carbocycles. The first-order valence-corrected chi connectivity index (χ1v) is 30.8. The molecular weight excluding hydrogens is 1070 g/mol. The minimum absolute atomic E-state index is 0.0760. The number of aliphatic hydroxyl groups excluding tert-OH is 2. The summed E-state index contributed by atoms with van der Waals surface area (Å²) in [4.78, 5) is 14.5. The lowest BCUT2D eigenvalue weighted by Crippen LogP contribution is -2.67. The molecule has 0 aromatic heterocycles. The van der Waals surface area contributed by atoms with Crippen molar-refractivity contribution >= 4 is 5.97 Å². The summed E-state index contributed by atoms with van der Waals surface area (Å²) in [6.07, 6.45) is -5.54. The molecular formula is C58H86N4O20. The van der Waals surface area contributed by atoms with Crippen LogP contribution in [0.25, 0.3) is 0 Å². The first kappa shape index (κ1) is 56.6. The highest BCUT2D eigenvalue weighted by molar-refractivity contribution is 5.70. The Balaban J connectivity index is 0.656. The van der Waals surface area contributed by atoms with E-state index in [1.165, 1.54) is 0 Å². The first-order valence-electron chi connectivity index (χ1n) is 30.8. The van der Waals surface area contributed by atoms with Gasteiger partial charge in [0.05, 0.1) is 135 Å². The van der Waals surface area contributed by atoms with Crippen LogP contribution < -0.4 is 22.9 Å². The standard InChI is InChI=1S/C58H86N4O20/c1-23-10-28-8-9-55-22-58(66,67)54(82-55)48-25(3)47(80-55)53-34(73-48)7-5-27(70-53)12-45(65)76-52-40(13-35-24(2)29(59)11-26(69-35)4-6-33(23)68-28)72-41-16-39-43(75-51(41)46(52)62)19-57(77-39)20-44-50(81-57)31(61)18-56(79-44)17-30(60)49-42(78-56)15-37-38(74-49)14-36(71-37)32(64)21-63/h25-44,46-54,63-64,66-67H,1-2,4-22,59-62H2,3H3/t25-,26-,27+,28-,29+,30-,31-,32-,33-,34-,35+,36-,37+,38+,39+,40-,41-,42-,43+,44-,46-,47+,48+,49-,50-,51+,52-,53-,54?,55+,56+,57+/m0/s1. The lowest BCUT2D eigenvalue weighted by molar-refractivity contribution is -0.358. The Morgan fingerprint density at radius 3 is 2.05 bits per heavy atom. The molecule has 24 nitrogen and oxygen atoms in total. The third-order valence-electron chi connectivity index (χ3n) is 21.8. The van der Waals surface area contributed by atoms with Gasteiger partial charge in [-0.25, -0.2) is 0 Å². The van der Waals surface area contributed by atoms with E-state index in [1.807, 2.05) is 6.92 Å². The van der Waals surface area contributed by atoms with Gasteiger partial charge < -0.3 is 114 Å². The molecule has 15 heterocycles. The van der Waals surface area contributed by atoms with Crippen LogP contribution in [0, 0.1) is 5.92 Å². The van der Waals surface area contributed by atoms with Gasteiger partial charge in [0.1, 0.15) is 36.6 Å². The number of aliphatic hydroxyl groups is 4. The second kappa shape index (κ2) is 20.8. The zero-order valence-electron chi connectivity index (χ0n) is 46.7. The number of esters is 1. The fraction of sp³-hybridized carbons (Fsp3) is 0.914. The third kappa shape index (κ3) is 9.75. The molecule has 15 rings (SSSR count). The van der Waals surface area contributed by atoms with Crippen molar-refractivity contribution in [2.75, 3.05) is 6.61 Å². The lowest BCUT2D eigenvalue weighted by Gasteiger charge is -2.54. The number of fused-ring (bicyclic) bond motifs is 14. The highest BCUT2D eigenvalue weighted by Gasteiger charge is 2.69. The molecule has 15 saturated heterocycles. The van der Waals surface area contributed by atoms with Gasteiger partial charge in [0, 0.05) is 81.8 Å². The van der Waals surface area contributed by atoms with Crippen molar-refractivity contribution in [1.82, 2.24) is 0 Å². The predicted octanol–water partition coefficient (Wildman–Crippen LogP) is -0.354. The molecule has 12 N–H and O–H groups in total. The topological polar surface area (TPSA) is 341 Å². The van der Waals surface area contributed by atoms with E-state index in [0.29, 0.717) is 96.3 Å². The van der Waals surface area contributed by atoms with Crippen LogP contribution in [0.4, 0.5) is 0 Å². The third-order valence-corrected chi connectivity index (χ3v) is 21.8. The van der Waals surface area contributed by atoms with E-state index < -0.39 is 170 Å². The molecule has 0 saturated carbocycles. The van der Waals surface area contributed by atoms with E-state index >= 15 is 0 Å². The van der Waals surface area contributed by atoms with Crippen LogP contribution in [-0.4, -0.2) is 227 Å². The Kier molecular flexibility index (Phi) is 14.4. The molecule has 458 valence electrons. The smallest absolute Gasteiger partial charge is 0.308 e. The van der Waals surface area contributed by atoms with Crippen molar-refractivity contribution in [3.05, 3.63) is 24.3 Å². The molecule has 15 fully saturated rings. The van der Waals surface area contributed by atoms with Gasteiger partial charge in [0.25, 0.3) is 0 Å². The predicted molar refractivity (Wildman–Crippen MR) is 279 cm³/mol. The molecule has 0 radical (unpaired) electrons. The quantitative estimate of drug-likeness (QED) is 0.0995. The lowest BCUT2D eigenvalue weighted by atomic mass is 9.79. The summed E-state index contributed by atoms with van der Waals surface area (Å²) >= 11 is 0. The summed E-state index contributed by atoms with van der Waals surface area (Å²) in [7, 11) is 0. The highest BCUT2D eigenvalue weighted by atomic mass is 16.8. The number of carbonyl (C=O) groups is 1. The maximum Gasteiger partial charge on any atom is 0.308 e. The minimum Gasteiger partial charge on any atom is -0.458 e. The van der Waals surface area contributed by atoms with Crippen LogP contribution in [0.2, 0.25) is 0 Å². The zero-order valence-corrected chi connectivity index (χ0v) is 46.7. The normalized spacial score (nSPS) is 57.2. The van der Waals surface area contributed by atoms with Crippen LogP contribution in [0.5, 0.6) is 0 Å². The Morgan fingerprint density at radius 2 is 1.22 bits per heavy atom. The van der Waals surface area contributed by atoms with Crippen molar-refractivity contribution in [2.45, 2.75) is 316 Å². The largest absolute Gasteiger partial charge is 0.458 e. The van der Waals surface area contributed by atoms with Gasteiger partial charge in [-0.2, -0.15) is 0 Å². The van der Waals surface area contributed by atoms with Gasteiger partial charge in [-0.3, -0.25) is 4.79 Å². The Morgan fingerprint density at radius 1 is 0.549 bits per heavy atom. The summed E-state index contributed by atoms with van der Waals surface area (Å²) in [5.41, 5.74) is 29.8. The van der Waals surface area contributed by atoms with Crippen molar-refractivity contribution < 1.29 is 96.3 Å². The van der Waals surface area contributed by atoms with Crippen LogP contribution >= 0.6 is 0 Å². The van der Waals surface area contributed by atoms with Crippen molar-refractivity contribution in [1.29, 1.82) is 0 Å². The van der Waals surface area contributed by atoms with Crippen molar-refractivity contribution in [3.8, 4) is 0 Å². The fourth-order valence-corrected chi connectivity index (χ4v) is 17.8. The maximum atomic E-state index is 14.5. The average molecular weight is 1160 g/mol. The monoisotopic (exact) mass is 1160 g/mol. The SMILES string of the molecule is C=C1C[C@@H]2CC[C@]34CC(O)(O)C(O3)[C@@H]3O[C@H]5CC[C@H](CC(=O)O[C@@H]6[C@@H](N)[C@@H]7O[C@@H]8C[C@@]9(C[C@@H]%10O[C@]%11(C[C@H](N)[C@@H]%12O[C@@H]%13C[C@@H]([C@@H](O)CO)O[C@@H]%13C[C@@H]%12O%11)C[C@H](N)[C@@H]%10O9)O[C@@H]8C[C@@H]7O[C@H]6C[C@H]6O[C@@H](CC[C@@H]1O2)C[C@@H](N)C6=C)O[C@@H]5[C@H](O4)[C@@H]3C. The van der Waals surface area contributed by atoms with Crippen molar-refractivity contribution in [2.24, 2.45) is 28.9 Å². The van der Waals surface area contributed by atoms with Gasteiger partial charge in [-0.1, -0.05) is 20.1 Å². The van der Waals surface area contributed by atoms with Gasteiger partial charge >= 0.3 is 5.97 Å². The molecule has 0 amide bonds. The summed E-state index contributed by atoms with van der Waals surface area (Å²) < 4.78 is 101. The fourth-order valence-electron chi connectivity index (χ4n) is 17.8. The van der Waals surface area contributed by atoms with E-state index in [9.17, 15) is 25.2 Å². The molecule has 32 atom stereocenters. The molecule has 0 aromatic rings. The second-order valence-corrected chi connectivity index (χ2v) is 27.4. The van der Waals surface area contributed by atoms with Gasteiger partial charge in [-0.05, 0) is 56.1 Å². The second-order valence-electron chi connectivity index (χ2n) is 27.4. The average Bonchev–Trinajstić information content (AvgIpc) is 2.72. The van der Waals surface area contributed by atoms with Crippen LogP contribution in [0.3, 0.4) is 0 Å². The van der Waals surface area contributed by atoms with Crippen LogP contribution in [-0.2, 0) is 75.8 Å². The Labute approximate surface area is 476 Å². The van der Waals surface area contributed by atoms with E-state index in [-0.39, 0.29) is 61.7 Å². The summed E-state index contributed by atoms with van der Waals surface area (Å²) in [5, 5.41) is 42.8. The molecule has 1 unspecified atom stereocenters. The molecule has 10 bridgehead atoms. The molecule has 82 heavy (non-hydrogen) atoms. The van der Waals surface area contributed by atoms with E-state index in [2.05, 4.69) is 13.2 Å². The summed E-state index contributed by atoms with van der Waals surface area (Å²) in [6, 6.07) is -2.09. The van der Waals surface area contributed by atoms with E-state index in [1.54, 1.807) is 0 Å². The summed E-state index contributed by atoms with van der Waals surface area (Å²) in [6.45, 7) is 10.4. The molecule has 15 aliphatic heterocycles. The Hall–Kier alpha value is -1.93. The van der Waals surface area contributed by atoms with Gasteiger partial charge in [0.2, 0.25) is 0 Å². The number of hydrogen-bond donors (Lipinski definition) is 8. The molecule has 0 aliphatic carbocycles. The van der Waals surface area contributed by atoms with Gasteiger partial charge in [0.15, 0.2) is 23.1 Å². The van der Waals surface area contributed by atoms with E-state index in [4.69, 9.17) is 94.0 Å². The number of carbonyl (C=O) groups excluding carboxylic acids is 1. The zero-order chi connectivity index (χ0) is 56.5. The minimum atomic E-state index is -2.18. The van der Waals surface area contributed by atoms with E-state index in [0.717, 1.165) is 11.1 Å². The first-order chi connectivity index (χ1) is 39.2. The number of nitrogens with two attached hydrogens (primary N) is 4. The number of rotatable bonds is 2. The molecule has 3 spiro atoms. The summed E-state index contributed by atoms with van der Waals surface area (Å²) in [5.74, 6) is -6.55. The number of ether oxygens (including phenoxy) is 15. The number of hydrogen-bond acceptors (Lipinski definition) is 24. The molecule has 15 aliphatic rings. The van der Waals surface area contributed by atoms with Gasteiger partial charge in [-0.15, -0.1) is 0 Å². The van der Waals surface area contributed by atoms with Crippen LogP contribution in [0.1, 0.15) is 122 Å². The van der Waals surface area contributed by atoms with Crippen molar-refractivity contribution in [3.63, 3.8) is 0 Å². The molecule has 24 heteroatoms. The van der Waals surface area contributed by atoms with Crippen LogP contribution in [0.15, 0.2) is 24.3 Å². The Bertz CT molecular complexity index is 2470.